The number of carboxylic acid groups (broad SMARTS) is 1. The van der Waals surface area contributed by atoms with E-state index in [2.05, 4.69) is 71.7 Å². The van der Waals surface area contributed by atoms with E-state index in [0.29, 0.717) is 0 Å². The molecule has 0 fully saturated rings. The van der Waals surface area contributed by atoms with E-state index in [9.17, 15) is 9.90 Å². The molecule has 0 radical (unpaired) electrons. The van der Waals surface area contributed by atoms with Crippen molar-refractivity contribution in [2.24, 2.45) is 0 Å². The normalized spacial score (nSPS) is 11.3. The van der Waals surface area contributed by atoms with Gasteiger partial charge in [0.1, 0.15) is 11.3 Å². The Bertz CT molecular complexity index is 1660. The zero-order valence-electron chi connectivity index (χ0n) is 19.0. The standard InChI is InChI=1S/C31H23NO3/c33-30(34)18-24-19-32-27-15-14-23(17-26(24)27)21-10-12-22(13-11-21)31-25-8-4-5-9-28(25)35-29(31)16-20-6-2-1-3-7-20/h1-15,17,19,32H,16,18H2,(H,33,34). The van der Waals surface area contributed by atoms with E-state index >= 15 is 0 Å². The molecule has 0 bridgehead atoms. The molecule has 6 aromatic rings. The van der Waals surface area contributed by atoms with Crippen LogP contribution < -0.4 is 0 Å². The molecule has 0 spiro atoms. The zero-order chi connectivity index (χ0) is 23.8. The first-order chi connectivity index (χ1) is 17.2. The van der Waals surface area contributed by atoms with Crippen LogP contribution in [0.4, 0.5) is 0 Å². The van der Waals surface area contributed by atoms with Crippen LogP contribution in [0.1, 0.15) is 16.9 Å². The first kappa shape index (κ1) is 21.0. The number of aliphatic carboxylic acids is 1. The lowest BCUT2D eigenvalue weighted by atomic mass is 9.96. The molecule has 0 aliphatic carbocycles. The maximum atomic E-state index is 11.2. The summed E-state index contributed by atoms with van der Waals surface area (Å²) in [4.78, 5) is 14.4. The molecule has 0 saturated carbocycles. The second kappa shape index (κ2) is 8.65. The summed E-state index contributed by atoms with van der Waals surface area (Å²) >= 11 is 0. The Balaban J connectivity index is 1.39. The van der Waals surface area contributed by atoms with Crippen molar-refractivity contribution < 1.29 is 14.3 Å². The highest BCUT2D eigenvalue weighted by atomic mass is 16.4. The van der Waals surface area contributed by atoms with E-state index in [1.165, 1.54) is 5.56 Å². The second-order valence-corrected chi connectivity index (χ2v) is 8.78. The molecule has 0 aliphatic rings. The average Bonchev–Trinajstić information content (AvgIpc) is 3.45. The van der Waals surface area contributed by atoms with Gasteiger partial charge in [-0.05, 0) is 46.0 Å². The number of hydrogen-bond donors (Lipinski definition) is 2. The van der Waals surface area contributed by atoms with Gasteiger partial charge in [0.15, 0.2) is 0 Å². The SMILES string of the molecule is O=C(O)Cc1c[nH]c2ccc(-c3ccc(-c4c(Cc5ccccc5)oc5ccccc45)cc3)cc12. The first-order valence-corrected chi connectivity index (χ1v) is 11.6. The Hall–Kier alpha value is -4.57. The van der Waals surface area contributed by atoms with Crippen LogP contribution in [0.3, 0.4) is 0 Å². The van der Waals surface area contributed by atoms with Crippen LogP contribution in [-0.2, 0) is 17.6 Å². The quantitative estimate of drug-likeness (QED) is 0.273. The summed E-state index contributed by atoms with van der Waals surface area (Å²) in [5.74, 6) is 0.122. The van der Waals surface area contributed by atoms with E-state index in [1.54, 1.807) is 6.20 Å². The van der Waals surface area contributed by atoms with Crippen molar-refractivity contribution in [3.63, 3.8) is 0 Å². The number of rotatable bonds is 6. The molecule has 0 aliphatic heterocycles. The van der Waals surface area contributed by atoms with Crippen LogP contribution in [0.2, 0.25) is 0 Å². The van der Waals surface area contributed by atoms with Gasteiger partial charge in [-0.15, -0.1) is 0 Å². The molecule has 0 amide bonds. The van der Waals surface area contributed by atoms with Gasteiger partial charge in [0, 0.05) is 34.5 Å². The number of aromatic nitrogens is 1. The van der Waals surface area contributed by atoms with Gasteiger partial charge >= 0.3 is 5.97 Å². The lowest BCUT2D eigenvalue weighted by molar-refractivity contribution is -0.136. The minimum Gasteiger partial charge on any atom is -0.481 e. The number of hydrogen-bond acceptors (Lipinski definition) is 2. The summed E-state index contributed by atoms with van der Waals surface area (Å²) in [6.07, 6.45) is 2.51. The highest BCUT2D eigenvalue weighted by molar-refractivity contribution is 5.96. The molecule has 0 unspecified atom stereocenters. The van der Waals surface area contributed by atoms with Gasteiger partial charge in [0.2, 0.25) is 0 Å². The van der Waals surface area contributed by atoms with Gasteiger partial charge in [0.25, 0.3) is 0 Å². The Morgan fingerprint density at radius 2 is 1.49 bits per heavy atom. The molecule has 4 aromatic carbocycles. The minimum atomic E-state index is -0.834. The van der Waals surface area contributed by atoms with Gasteiger partial charge in [-0.3, -0.25) is 4.79 Å². The largest absolute Gasteiger partial charge is 0.481 e. The zero-order valence-corrected chi connectivity index (χ0v) is 19.0. The van der Waals surface area contributed by atoms with Crippen LogP contribution in [-0.4, -0.2) is 16.1 Å². The number of fused-ring (bicyclic) bond motifs is 2. The van der Waals surface area contributed by atoms with Crippen molar-refractivity contribution >= 4 is 27.8 Å². The third-order valence-corrected chi connectivity index (χ3v) is 6.49. The molecular weight excluding hydrogens is 434 g/mol. The molecule has 6 rings (SSSR count). The average molecular weight is 458 g/mol. The summed E-state index contributed by atoms with van der Waals surface area (Å²) in [5.41, 5.74) is 8.20. The van der Waals surface area contributed by atoms with E-state index in [4.69, 9.17) is 4.42 Å². The molecule has 2 heterocycles. The highest BCUT2D eigenvalue weighted by Crippen LogP contribution is 2.37. The van der Waals surface area contributed by atoms with Gasteiger partial charge in [-0.1, -0.05) is 78.9 Å². The molecule has 4 heteroatoms. The van der Waals surface area contributed by atoms with Crippen LogP contribution >= 0.6 is 0 Å². The van der Waals surface area contributed by atoms with Gasteiger partial charge < -0.3 is 14.5 Å². The van der Waals surface area contributed by atoms with E-state index in [-0.39, 0.29) is 6.42 Å². The number of para-hydroxylation sites is 1. The molecule has 2 N–H and O–H groups in total. The van der Waals surface area contributed by atoms with Gasteiger partial charge in [-0.2, -0.15) is 0 Å². The number of benzene rings is 4. The molecule has 4 nitrogen and oxygen atoms in total. The van der Waals surface area contributed by atoms with Crippen LogP contribution in [0.5, 0.6) is 0 Å². The fourth-order valence-corrected chi connectivity index (χ4v) is 4.81. The Labute approximate surface area is 202 Å². The van der Waals surface area contributed by atoms with Crippen molar-refractivity contribution in [1.29, 1.82) is 0 Å². The van der Waals surface area contributed by atoms with Crippen molar-refractivity contribution in [2.45, 2.75) is 12.8 Å². The van der Waals surface area contributed by atoms with Crippen LogP contribution in [0, 0.1) is 0 Å². The van der Waals surface area contributed by atoms with Gasteiger partial charge in [0.05, 0.1) is 6.42 Å². The van der Waals surface area contributed by atoms with Crippen LogP contribution in [0.25, 0.3) is 44.1 Å². The topological polar surface area (TPSA) is 66.2 Å². The van der Waals surface area contributed by atoms with Crippen molar-refractivity contribution in [1.82, 2.24) is 4.98 Å². The third kappa shape index (κ3) is 4.00. The summed E-state index contributed by atoms with van der Waals surface area (Å²) < 4.78 is 6.31. The summed E-state index contributed by atoms with van der Waals surface area (Å²) in [7, 11) is 0. The molecule has 0 saturated heterocycles. The number of nitrogens with one attached hydrogen (secondary N) is 1. The van der Waals surface area contributed by atoms with Crippen molar-refractivity contribution in [3.8, 4) is 22.3 Å². The third-order valence-electron chi connectivity index (χ3n) is 6.49. The molecule has 35 heavy (non-hydrogen) atoms. The number of carbonyl (C=O) groups is 1. The fraction of sp³-hybridized carbons (Fsp3) is 0.0645. The maximum absolute atomic E-state index is 11.2. The van der Waals surface area contributed by atoms with Gasteiger partial charge in [-0.25, -0.2) is 0 Å². The molecule has 170 valence electrons. The fourth-order valence-electron chi connectivity index (χ4n) is 4.81. The Morgan fingerprint density at radius 3 is 2.29 bits per heavy atom. The Morgan fingerprint density at radius 1 is 0.771 bits per heavy atom. The Kier molecular flexibility index (Phi) is 5.19. The monoisotopic (exact) mass is 457 g/mol. The van der Waals surface area contributed by atoms with E-state index in [1.807, 2.05) is 30.3 Å². The first-order valence-electron chi connectivity index (χ1n) is 11.6. The van der Waals surface area contributed by atoms with Crippen molar-refractivity contribution in [2.75, 3.05) is 0 Å². The maximum Gasteiger partial charge on any atom is 0.307 e. The predicted octanol–water partition coefficient (Wildman–Crippen LogP) is 7.47. The molecule has 2 aromatic heterocycles. The predicted molar refractivity (Wildman–Crippen MR) is 140 cm³/mol. The number of aromatic amines is 1. The van der Waals surface area contributed by atoms with Crippen molar-refractivity contribution in [3.05, 3.63) is 120 Å². The van der Waals surface area contributed by atoms with Crippen LogP contribution in [0.15, 0.2) is 108 Å². The highest BCUT2D eigenvalue weighted by Gasteiger charge is 2.16. The number of H-pyrrole nitrogens is 1. The van der Waals surface area contributed by atoms with E-state index in [0.717, 1.165) is 61.9 Å². The summed E-state index contributed by atoms with van der Waals surface area (Å²) in [5, 5.41) is 11.3. The number of carboxylic acids is 1. The van der Waals surface area contributed by atoms with E-state index < -0.39 is 5.97 Å². The summed E-state index contributed by atoms with van der Waals surface area (Å²) in [6, 6.07) is 33.2. The number of furan rings is 1. The molecular formula is C31H23NO3. The second-order valence-electron chi connectivity index (χ2n) is 8.78. The molecule has 0 atom stereocenters. The lowest BCUT2D eigenvalue weighted by Crippen LogP contribution is -1.98. The summed E-state index contributed by atoms with van der Waals surface area (Å²) in [6.45, 7) is 0. The lowest BCUT2D eigenvalue weighted by Gasteiger charge is -2.07. The minimum absolute atomic E-state index is 0.000145. The smallest absolute Gasteiger partial charge is 0.307 e.